The Kier molecular flexibility index (Phi) is 2.61. The van der Waals surface area contributed by atoms with Crippen molar-refractivity contribution >= 4 is 54.3 Å². The van der Waals surface area contributed by atoms with Gasteiger partial charge in [-0.3, -0.25) is 0 Å². The molecule has 8 aromatic carbocycles. The minimum Gasteiger partial charge on any atom is -0.456 e. The molecule has 9 aromatic rings. The molecule has 0 aliphatic carbocycles. The maximum Gasteiger partial charge on any atom is 0.136 e. The third-order valence-corrected chi connectivity index (χ3v) is 7.42. The highest BCUT2D eigenvalue weighted by Gasteiger charge is 2.17. The second-order valence-electron chi connectivity index (χ2n) is 9.81. The Morgan fingerprint density at radius 1 is 0.395 bits per heavy atom. The van der Waals surface area contributed by atoms with E-state index in [4.69, 9.17) is 16.8 Å². The van der Waals surface area contributed by atoms with E-state index in [0.717, 1.165) is 10.8 Å². The van der Waals surface area contributed by atoms with Crippen LogP contribution in [0.1, 0.15) is 26.0 Å². The Labute approximate surface area is 275 Å². The van der Waals surface area contributed by atoms with E-state index in [0.29, 0.717) is 11.2 Å². The van der Waals surface area contributed by atoms with Gasteiger partial charge in [0.25, 0.3) is 0 Å². The predicted molar refractivity (Wildman–Crippen MR) is 183 cm³/mol. The Balaban J connectivity index is 1.51. The van der Waals surface area contributed by atoms with Crippen molar-refractivity contribution in [1.29, 1.82) is 0 Å². The zero-order chi connectivity index (χ0) is 44.9. The van der Waals surface area contributed by atoms with Crippen LogP contribution in [0.4, 0.5) is 0 Å². The predicted octanol–water partition coefficient (Wildman–Crippen LogP) is 12.0. The topological polar surface area (TPSA) is 13.1 Å². The SMILES string of the molecule is [2H]c1c([2H])c(-c2c3c([2H])c([2H])c([2H])c([2H])c3c(-c3c([2H])c([2H])c4c([2H])c([2H])c([2H])c([2H])c4c3[2H])c3c([2H])c([2H])c([2H])c([2H])c23)c([2H])c([2H])c1-c1ccc2c(c1)oc1ccccc12. The van der Waals surface area contributed by atoms with Crippen molar-refractivity contribution in [3.8, 4) is 33.4 Å². The molecule has 0 aliphatic heterocycles. The van der Waals surface area contributed by atoms with Crippen molar-refractivity contribution < 1.29 is 30.5 Å². The molecule has 0 saturated heterocycles. The molecule has 1 nitrogen and oxygen atoms in total. The van der Waals surface area contributed by atoms with Crippen LogP contribution in [0.3, 0.4) is 0 Å². The van der Waals surface area contributed by atoms with Crippen LogP contribution in [0.25, 0.3) is 87.6 Å². The molecule has 43 heavy (non-hydrogen) atoms. The molecule has 0 saturated carbocycles. The Bertz CT molecular complexity index is 3460. The summed E-state index contributed by atoms with van der Waals surface area (Å²) in [6.45, 7) is 0. The highest BCUT2D eigenvalue weighted by molar-refractivity contribution is 6.21. The molecule has 0 N–H and O–H groups in total. The van der Waals surface area contributed by atoms with Crippen LogP contribution in [-0.4, -0.2) is 0 Å². The second-order valence-corrected chi connectivity index (χ2v) is 9.81. The van der Waals surface area contributed by atoms with Gasteiger partial charge in [0.1, 0.15) is 11.2 Å². The lowest BCUT2D eigenvalue weighted by molar-refractivity contribution is 0.669. The average Bonchev–Trinajstić information content (AvgIpc) is 3.63. The summed E-state index contributed by atoms with van der Waals surface area (Å²) in [7, 11) is 0. The standard InChI is InChI=1S/C42H26O/c1-2-10-30-25-32(22-19-27(30)9-1)42-37-14-5-3-12-35(37)41(36-13-4-6-15-38(36)42)29-20-17-28(18-21-29)31-23-24-34-33-11-7-8-16-39(33)43-40(34)26-31/h1-26H/i1D,2D,3D,4D,5D,6D,9D,10D,12D,13D,14D,15D,17D,18D,19D,20D,21D,22D,25D. The first kappa shape index (κ1) is 11.9. The zero-order valence-corrected chi connectivity index (χ0v) is 21.9. The van der Waals surface area contributed by atoms with Crippen molar-refractivity contribution in [2.75, 3.05) is 0 Å². The monoisotopic (exact) mass is 565 g/mol. The van der Waals surface area contributed by atoms with Crippen molar-refractivity contribution in [3.05, 3.63) is 157 Å². The molecule has 1 heterocycles. The minimum absolute atomic E-state index is 0.165. The van der Waals surface area contributed by atoms with Crippen LogP contribution < -0.4 is 0 Å². The molecule has 1 aromatic heterocycles. The maximum absolute atomic E-state index is 9.43. The summed E-state index contributed by atoms with van der Waals surface area (Å²) in [6.07, 6.45) is 0. The Morgan fingerprint density at radius 3 is 1.67 bits per heavy atom. The van der Waals surface area contributed by atoms with Crippen LogP contribution in [-0.2, 0) is 0 Å². The first-order valence-electron chi connectivity index (χ1n) is 22.7. The third kappa shape index (κ3) is 3.79. The van der Waals surface area contributed by atoms with Crippen LogP contribution >= 0.6 is 0 Å². The van der Waals surface area contributed by atoms with E-state index >= 15 is 0 Å². The minimum atomic E-state index is -0.863. The van der Waals surface area contributed by atoms with Crippen LogP contribution in [0.2, 0.25) is 0 Å². The number of hydrogen-bond donors (Lipinski definition) is 0. The Morgan fingerprint density at radius 2 is 0.953 bits per heavy atom. The highest BCUT2D eigenvalue weighted by atomic mass is 16.3. The number of benzene rings is 8. The van der Waals surface area contributed by atoms with E-state index < -0.39 is 169 Å². The molecule has 0 spiro atoms. The number of rotatable bonds is 3. The maximum atomic E-state index is 9.43. The summed E-state index contributed by atoms with van der Waals surface area (Å²) in [4.78, 5) is 0. The van der Waals surface area contributed by atoms with Crippen LogP contribution in [0.15, 0.2) is 162 Å². The first-order chi connectivity index (χ1) is 29.2. The van der Waals surface area contributed by atoms with E-state index in [-0.39, 0.29) is 11.1 Å². The largest absolute Gasteiger partial charge is 0.456 e. The fourth-order valence-corrected chi connectivity index (χ4v) is 5.49. The zero-order valence-electron chi connectivity index (χ0n) is 40.9. The van der Waals surface area contributed by atoms with E-state index in [9.17, 15) is 13.7 Å². The highest BCUT2D eigenvalue weighted by Crippen LogP contribution is 2.44. The molecule has 200 valence electrons. The molecular weight excluding hydrogens is 520 g/mol. The summed E-state index contributed by atoms with van der Waals surface area (Å²) in [6, 6.07) is -2.85. The smallest absolute Gasteiger partial charge is 0.136 e. The number of hydrogen-bond acceptors (Lipinski definition) is 1. The molecule has 0 radical (unpaired) electrons. The number of furan rings is 1. The normalized spacial score (nSPS) is 17.9. The lowest BCUT2D eigenvalue weighted by atomic mass is 9.85. The molecular formula is C42H26O. The van der Waals surface area contributed by atoms with Gasteiger partial charge in [-0.1, -0.05) is 133 Å². The number of fused-ring (bicyclic) bond motifs is 6. The summed E-state index contributed by atoms with van der Waals surface area (Å²) in [5.41, 5.74) is -1.29. The van der Waals surface area contributed by atoms with Gasteiger partial charge in [0.15, 0.2) is 0 Å². The van der Waals surface area contributed by atoms with Crippen molar-refractivity contribution in [2.45, 2.75) is 0 Å². The van der Waals surface area contributed by atoms with E-state index in [1.54, 1.807) is 30.3 Å². The average molecular weight is 566 g/mol. The van der Waals surface area contributed by atoms with Gasteiger partial charge < -0.3 is 4.42 Å². The molecule has 9 rings (SSSR count). The quantitative estimate of drug-likeness (QED) is 0.194. The summed E-state index contributed by atoms with van der Waals surface area (Å²) < 4.78 is 177. The molecule has 0 aliphatic rings. The fraction of sp³-hybridized carbons (Fsp3) is 0. The third-order valence-electron chi connectivity index (χ3n) is 7.42. The van der Waals surface area contributed by atoms with E-state index in [2.05, 4.69) is 0 Å². The molecule has 1 heteroatoms. The van der Waals surface area contributed by atoms with Gasteiger partial charge in [0.05, 0.1) is 26.0 Å². The first-order valence-corrected chi connectivity index (χ1v) is 13.2. The lowest BCUT2D eigenvalue weighted by Crippen LogP contribution is -1.91. The summed E-state index contributed by atoms with van der Waals surface area (Å²) in [5, 5.41) is -1.73. The second kappa shape index (κ2) is 9.44. The molecule has 0 atom stereocenters. The van der Waals surface area contributed by atoms with Crippen molar-refractivity contribution in [2.24, 2.45) is 0 Å². The van der Waals surface area contributed by atoms with Gasteiger partial charge in [-0.15, -0.1) is 0 Å². The molecule has 0 bridgehead atoms. The van der Waals surface area contributed by atoms with Gasteiger partial charge in [-0.2, -0.15) is 0 Å². The number of para-hydroxylation sites is 1. The molecule has 0 amide bonds. The van der Waals surface area contributed by atoms with Crippen molar-refractivity contribution in [1.82, 2.24) is 0 Å². The van der Waals surface area contributed by atoms with Gasteiger partial charge in [0, 0.05) is 10.8 Å². The lowest BCUT2D eigenvalue weighted by Gasteiger charge is -2.18. The molecule has 0 unspecified atom stereocenters. The van der Waals surface area contributed by atoms with Crippen LogP contribution in [0.5, 0.6) is 0 Å². The summed E-state index contributed by atoms with van der Waals surface area (Å²) in [5.74, 6) is 0. The Hall–Kier alpha value is -5.66. The van der Waals surface area contributed by atoms with Crippen LogP contribution in [0, 0.1) is 0 Å². The van der Waals surface area contributed by atoms with Gasteiger partial charge in [-0.25, -0.2) is 0 Å². The molecule has 0 fully saturated rings. The fourth-order valence-electron chi connectivity index (χ4n) is 5.49. The van der Waals surface area contributed by atoms with Crippen molar-refractivity contribution in [3.63, 3.8) is 0 Å². The van der Waals surface area contributed by atoms with Gasteiger partial charge in [0.2, 0.25) is 0 Å². The summed E-state index contributed by atoms with van der Waals surface area (Å²) >= 11 is 0. The van der Waals surface area contributed by atoms with E-state index in [1.807, 2.05) is 12.1 Å². The van der Waals surface area contributed by atoms with E-state index in [1.165, 1.54) is 0 Å². The van der Waals surface area contributed by atoms with Gasteiger partial charge in [-0.05, 0) is 89.9 Å². The van der Waals surface area contributed by atoms with Gasteiger partial charge >= 0.3 is 0 Å².